The van der Waals surface area contributed by atoms with Gasteiger partial charge in [-0.05, 0) is 31.4 Å². The third-order valence-electron chi connectivity index (χ3n) is 4.22. The molecule has 0 bridgehead atoms. The first-order valence-corrected chi connectivity index (χ1v) is 7.63. The first kappa shape index (κ1) is 16.6. The maximum Gasteiger partial charge on any atom is 0.306 e. The summed E-state index contributed by atoms with van der Waals surface area (Å²) in [6.45, 7) is 0. The van der Waals surface area contributed by atoms with Crippen LogP contribution in [0.2, 0.25) is 0 Å². The van der Waals surface area contributed by atoms with Crippen LogP contribution < -0.4 is 5.32 Å². The number of carboxylic acids is 1. The van der Waals surface area contributed by atoms with Crippen molar-refractivity contribution < 1.29 is 19.6 Å². The van der Waals surface area contributed by atoms with Crippen molar-refractivity contribution in [2.75, 3.05) is 0 Å². The Morgan fingerprint density at radius 2 is 2.16 bits per heavy atom. The van der Waals surface area contributed by atoms with Gasteiger partial charge in [0.05, 0.1) is 10.8 Å². The van der Waals surface area contributed by atoms with Crippen LogP contribution in [0.15, 0.2) is 30.9 Å². The highest BCUT2D eigenvalue weighted by atomic mass is 16.6. The molecule has 10 heteroatoms. The highest BCUT2D eigenvalue weighted by Gasteiger charge is 2.31. The highest BCUT2D eigenvalue weighted by molar-refractivity contribution is 5.95. The number of nitro benzene ring substituents is 1. The lowest BCUT2D eigenvalue weighted by Gasteiger charge is -2.13. The van der Waals surface area contributed by atoms with Crippen molar-refractivity contribution in [2.45, 2.75) is 25.3 Å². The Kier molecular flexibility index (Phi) is 4.42. The third-order valence-corrected chi connectivity index (χ3v) is 4.22. The van der Waals surface area contributed by atoms with Crippen molar-refractivity contribution in [3.05, 3.63) is 46.5 Å². The Morgan fingerprint density at radius 1 is 1.36 bits per heavy atom. The first-order chi connectivity index (χ1) is 12.0. The second kappa shape index (κ2) is 6.67. The molecule has 1 saturated carbocycles. The summed E-state index contributed by atoms with van der Waals surface area (Å²) in [5, 5.41) is 26.9. The van der Waals surface area contributed by atoms with Gasteiger partial charge in [-0.3, -0.25) is 19.7 Å². The lowest BCUT2D eigenvalue weighted by atomic mass is 10.1. The Morgan fingerprint density at radius 3 is 2.76 bits per heavy atom. The predicted molar refractivity (Wildman–Crippen MR) is 84.2 cm³/mol. The van der Waals surface area contributed by atoms with Gasteiger partial charge in [-0.15, -0.1) is 0 Å². The summed E-state index contributed by atoms with van der Waals surface area (Å²) in [4.78, 5) is 37.8. The average molecular weight is 345 g/mol. The van der Waals surface area contributed by atoms with Crippen LogP contribution in [0.3, 0.4) is 0 Å². The van der Waals surface area contributed by atoms with Crippen LogP contribution in [0.5, 0.6) is 0 Å². The van der Waals surface area contributed by atoms with Crippen LogP contribution in [0.4, 0.5) is 5.69 Å². The van der Waals surface area contributed by atoms with Crippen LogP contribution >= 0.6 is 0 Å². The van der Waals surface area contributed by atoms with Gasteiger partial charge >= 0.3 is 5.97 Å². The van der Waals surface area contributed by atoms with Crippen LogP contribution in [-0.2, 0) is 4.79 Å². The van der Waals surface area contributed by atoms with Gasteiger partial charge in [0.15, 0.2) is 0 Å². The first-order valence-electron chi connectivity index (χ1n) is 7.63. The van der Waals surface area contributed by atoms with Gasteiger partial charge in [-0.25, -0.2) is 9.67 Å². The van der Waals surface area contributed by atoms with Gasteiger partial charge in [0.1, 0.15) is 18.3 Å². The molecule has 130 valence electrons. The van der Waals surface area contributed by atoms with Crippen LogP contribution in [0, 0.1) is 16.0 Å². The topological polar surface area (TPSA) is 140 Å². The Bertz CT molecular complexity index is 820. The molecular weight excluding hydrogens is 330 g/mol. The lowest BCUT2D eigenvalue weighted by molar-refractivity contribution is -0.384. The molecule has 0 radical (unpaired) electrons. The van der Waals surface area contributed by atoms with E-state index in [1.54, 1.807) is 0 Å². The van der Waals surface area contributed by atoms with Crippen molar-refractivity contribution in [3.63, 3.8) is 0 Å². The number of nitrogens with zero attached hydrogens (tertiary/aromatic N) is 4. The van der Waals surface area contributed by atoms with Gasteiger partial charge in [-0.1, -0.05) is 0 Å². The summed E-state index contributed by atoms with van der Waals surface area (Å²) in [6, 6.07) is 3.82. The Hall–Kier alpha value is -3.30. The molecule has 3 rings (SSSR count). The quantitative estimate of drug-likeness (QED) is 0.612. The van der Waals surface area contributed by atoms with Crippen LogP contribution in [0.25, 0.3) is 5.69 Å². The lowest BCUT2D eigenvalue weighted by Crippen LogP contribution is -2.33. The number of carboxylic acid groups (broad SMARTS) is 1. The van der Waals surface area contributed by atoms with Gasteiger partial charge in [0, 0.05) is 17.7 Å². The fourth-order valence-corrected chi connectivity index (χ4v) is 2.94. The molecular formula is C15H15N5O5. The molecule has 1 heterocycles. The van der Waals surface area contributed by atoms with E-state index in [-0.39, 0.29) is 23.0 Å². The molecule has 2 atom stereocenters. The molecule has 25 heavy (non-hydrogen) atoms. The molecule has 0 unspecified atom stereocenters. The summed E-state index contributed by atoms with van der Waals surface area (Å²) in [5.41, 5.74) is 0.0631. The van der Waals surface area contributed by atoms with Crippen molar-refractivity contribution >= 4 is 17.6 Å². The Balaban J connectivity index is 1.78. The van der Waals surface area contributed by atoms with Crippen molar-refractivity contribution in [1.82, 2.24) is 20.1 Å². The molecule has 2 aromatic rings. The summed E-state index contributed by atoms with van der Waals surface area (Å²) in [5.74, 6) is -1.80. The fraction of sp³-hybridized carbons (Fsp3) is 0.333. The van der Waals surface area contributed by atoms with Gasteiger partial charge in [0.25, 0.3) is 11.6 Å². The molecule has 10 nitrogen and oxygen atoms in total. The average Bonchev–Trinajstić information content (AvgIpc) is 3.26. The molecule has 0 aliphatic heterocycles. The van der Waals surface area contributed by atoms with Gasteiger partial charge < -0.3 is 10.4 Å². The summed E-state index contributed by atoms with van der Waals surface area (Å²) in [7, 11) is 0. The van der Waals surface area contributed by atoms with E-state index in [0.29, 0.717) is 19.3 Å². The highest BCUT2D eigenvalue weighted by Crippen LogP contribution is 2.27. The number of benzene rings is 1. The standard InChI is InChI=1S/C15H15N5O5/c21-14(18-11-3-1-10(5-11)15(22)23)9-2-4-12(13(6-9)20(24)25)19-8-16-7-17-19/h2,4,6-8,10-11H,1,3,5H2,(H,18,21)(H,22,23)/t10-,11+/m1/s1. The maximum atomic E-state index is 12.3. The van der Waals surface area contributed by atoms with Gasteiger partial charge in [0.2, 0.25) is 0 Å². The maximum absolute atomic E-state index is 12.3. The molecule has 2 N–H and O–H groups in total. The molecule has 1 aliphatic rings. The minimum absolute atomic E-state index is 0.134. The fourth-order valence-electron chi connectivity index (χ4n) is 2.94. The molecule has 1 fully saturated rings. The molecule has 0 spiro atoms. The minimum atomic E-state index is -0.871. The van der Waals surface area contributed by atoms with E-state index in [4.69, 9.17) is 5.11 Å². The largest absolute Gasteiger partial charge is 0.481 e. The number of aliphatic carboxylic acids is 1. The SMILES string of the molecule is O=C(N[C@H]1CC[C@@H](C(=O)O)C1)c1ccc(-n2cncn2)c([N+](=O)[O-])c1. The number of hydrogen-bond acceptors (Lipinski definition) is 6. The van der Waals surface area contributed by atoms with Crippen molar-refractivity contribution in [3.8, 4) is 5.69 Å². The van der Waals surface area contributed by atoms with Gasteiger partial charge in [-0.2, -0.15) is 5.10 Å². The Labute approximate surface area is 141 Å². The number of amides is 1. The second-order valence-electron chi connectivity index (χ2n) is 5.82. The zero-order valence-corrected chi connectivity index (χ0v) is 13.0. The van der Waals surface area contributed by atoms with E-state index in [9.17, 15) is 19.7 Å². The predicted octanol–water partition coefficient (Wildman–Crippen LogP) is 1.16. The minimum Gasteiger partial charge on any atom is -0.481 e. The number of carbonyl (C=O) groups excluding carboxylic acids is 1. The number of nitrogens with one attached hydrogen (secondary N) is 1. The van der Waals surface area contributed by atoms with Crippen molar-refractivity contribution in [1.29, 1.82) is 0 Å². The molecule has 1 amide bonds. The monoisotopic (exact) mass is 345 g/mol. The number of nitro groups is 1. The van der Waals surface area contributed by atoms with E-state index in [0.717, 1.165) is 0 Å². The van der Waals surface area contributed by atoms with Crippen molar-refractivity contribution in [2.24, 2.45) is 5.92 Å². The zero-order chi connectivity index (χ0) is 18.0. The summed E-state index contributed by atoms with van der Waals surface area (Å²) < 4.78 is 1.24. The number of aromatic nitrogens is 3. The zero-order valence-electron chi connectivity index (χ0n) is 13.0. The third kappa shape index (κ3) is 3.47. The number of carbonyl (C=O) groups is 2. The van der Waals surface area contributed by atoms with E-state index in [1.165, 1.54) is 35.5 Å². The smallest absolute Gasteiger partial charge is 0.306 e. The molecule has 1 aromatic heterocycles. The summed E-state index contributed by atoms with van der Waals surface area (Å²) >= 11 is 0. The van der Waals surface area contributed by atoms with Crippen LogP contribution in [0.1, 0.15) is 29.6 Å². The van der Waals surface area contributed by atoms with Crippen LogP contribution in [-0.4, -0.2) is 42.7 Å². The van der Waals surface area contributed by atoms with E-state index in [2.05, 4.69) is 15.4 Å². The molecule has 1 aliphatic carbocycles. The van der Waals surface area contributed by atoms with E-state index < -0.39 is 22.7 Å². The normalized spacial score (nSPS) is 19.5. The number of rotatable bonds is 5. The summed E-state index contributed by atoms with van der Waals surface area (Å²) in [6.07, 6.45) is 4.02. The number of hydrogen-bond donors (Lipinski definition) is 2. The second-order valence-corrected chi connectivity index (χ2v) is 5.82. The molecule has 1 aromatic carbocycles. The molecule has 0 saturated heterocycles. The van der Waals surface area contributed by atoms with E-state index in [1.807, 2.05) is 0 Å². The van der Waals surface area contributed by atoms with E-state index >= 15 is 0 Å².